The van der Waals surface area contributed by atoms with Crippen molar-refractivity contribution in [2.45, 2.75) is 6.92 Å². The zero-order valence-electron chi connectivity index (χ0n) is 12.9. The van der Waals surface area contributed by atoms with E-state index in [-0.39, 0.29) is 5.57 Å². The first-order chi connectivity index (χ1) is 11.6. The summed E-state index contributed by atoms with van der Waals surface area (Å²) in [7, 11) is 0. The molecule has 0 aliphatic rings. The number of benzene rings is 2. The molecule has 5 heteroatoms. The van der Waals surface area contributed by atoms with Crippen LogP contribution in [0.25, 0.3) is 17.0 Å². The molecule has 3 rings (SSSR count). The topological polar surface area (TPSA) is 68.7 Å². The van der Waals surface area contributed by atoms with E-state index in [0.717, 1.165) is 22.2 Å². The summed E-state index contributed by atoms with van der Waals surface area (Å²) in [5.41, 5.74) is 3.34. The van der Waals surface area contributed by atoms with E-state index in [0.29, 0.717) is 10.7 Å². The summed E-state index contributed by atoms with van der Waals surface area (Å²) >= 11 is 5.83. The molecule has 1 aromatic heterocycles. The summed E-state index contributed by atoms with van der Waals surface area (Å²) in [5.74, 6) is -0.454. The van der Waals surface area contributed by atoms with Crippen LogP contribution in [-0.4, -0.2) is 10.9 Å². The molecule has 24 heavy (non-hydrogen) atoms. The molecule has 0 saturated heterocycles. The van der Waals surface area contributed by atoms with E-state index in [1.54, 1.807) is 30.3 Å². The number of aryl methyl sites for hydroxylation is 1. The number of nitriles is 1. The van der Waals surface area contributed by atoms with Crippen molar-refractivity contribution < 1.29 is 4.79 Å². The molecule has 2 N–H and O–H groups in total. The Bertz CT molecular complexity index is 978. The lowest BCUT2D eigenvalue weighted by atomic mass is 10.1. The number of fused-ring (bicyclic) bond motifs is 1. The highest BCUT2D eigenvalue weighted by atomic mass is 35.5. The van der Waals surface area contributed by atoms with Crippen molar-refractivity contribution in [3.8, 4) is 6.07 Å². The van der Waals surface area contributed by atoms with Gasteiger partial charge in [0, 0.05) is 32.9 Å². The molecular formula is C19H14ClN3O. The SMILES string of the molecule is Cc1[nH]c2ccccc2c1C=C(C#N)C(=O)Nc1ccc(Cl)cc1. The Labute approximate surface area is 144 Å². The number of anilines is 1. The highest BCUT2D eigenvalue weighted by Gasteiger charge is 2.13. The van der Waals surface area contributed by atoms with Crippen LogP contribution in [0, 0.1) is 18.3 Å². The van der Waals surface area contributed by atoms with Gasteiger partial charge in [0.05, 0.1) is 0 Å². The second-order valence-electron chi connectivity index (χ2n) is 5.34. The molecule has 1 amide bonds. The number of para-hydroxylation sites is 1. The Morgan fingerprint density at radius 1 is 1.21 bits per heavy atom. The summed E-state index contributed by atoms with van der Waals surface area (Å²) in [6.45, 7) is 1.91. The van der Waals surface area contributed by atoms with Crippen molar-refractivity contribution in [3.05, 3.63) is 70.4 Å². The maximum Gasteiger partial charge on any atom is 0.266 e. The van der Waals surface area contributed by atoms with Gasteiger partial charge in [0.25, 0.3) is 5.91 Å². The first-order valence-corrected chi connectivity index (χ1v) is 7.72. The molecular weight excluding hydrogens is 322 g/mol. The number of hydrogen-bond donors (Lipinski definition) is 2. The van der Waals surface area contributed by atoms with Crippen molar-refractivity contribution >= 4 is 40.2 Å². The van der Waals surface area contributed by atoms with Gasteiger partial charge in [0.2, 0.25) is 0 Å². The fourth-order valence-corrected chi connectivity index (χ4v) is 2.63. The molecule has 0 atom stereocenters. The Kier molecular flexibility index (Phi) is 4.37. The van der Waals surface area contributed by atoms with Crippen LogP contribution in [0.1, 0.15) is 11.3 Å². The van der Waals surface area contributed by atoms with Crippen LogP contribution in [0.15, 0.2) is 54.1 Å². The molecule has 3 aromatic rings. The zero-order chi connectivity index (χ0) is 17.1. The Morgan fingerprint density at radius 2 is 1.92 bits per heavy atom. The smallest absolute Gasteiger partial charge is 0.266 e. The number of H-pyrrole nitrogens is 1. The van der Waals surface area contributed by atoms with Crippen LogP contribution in [-0.2, 0) is 4.79 Å². The Hall–Kier alpha value is -3.03. The van der Waals surface area contributed by atoms with Crippen LogP contribution >= 0.6 is 11.6 Å². The minimum atomic E-state index is -0.454. The second kappa shape index (κ2) is 6.61. The number of nitrogens with zero attached hydrogens (tertiary/aromatic N) is 1. The van der Waals surface area contributed by atoms with Crippen LogP contribution < -0.4 is 5.32 Å². The number of carbonyl (C=O) groups is 1. The van der Waals surface area contributed by atoms with E-state index < -0.39 is 5.91 Å². The van der Waals surface area contributed by atoms with Crippen molar-refractivity contribution in [2.24, 2.45) is 0 Å². The van der Waals surface area contributed by atoms with Gasteiger partial charge < -0.3 is 10.3 Å². The van der Waals surface area contributed by atoms with Crippen molar-refractivity contribution in [1.29, 1.82) is 5.26 Å². The quantitative estimate of drug-likeness (QED) is 0.539. The van der Waals surface area contributed by atoms with Crippen molar-refractivity contribution in [3.63, 3.8) is 0 Å². The number of aromatic nitrogens is 1. The van der Waals surface area contributed by atoms with E-state index in [4.69, 9.17) is 11.6 Å². The second-order valence-corrected chi connectivity index (χ2v) is 5.78. The van der Waals surface area contributed by atoms with Gasteiger partial charge in [-0.2, -0.15) is 5.26 Å². The average Bonchev–Trinajstić information content (AvgIpc) is 2.90. The number of hydrogen-bond acceptors (Lipinski definition) is 2. The lowest BCUT2D eigenvalue weighted by Gasteiger charge is -2.04. The number of amides is 1. The Morgan fingerprint density at radius 3 is 2.62 bits per heavy atom. The molecule has 0 unspecified atom stereocenters. The average molecular weight is 336 g/mol. The first kappa shape index (κ1) is 15.9. The van der Waals surface area contributed by atoms with Gasteiger partial charge in [-0.05, 0) is 43.3 Å². The molecule has 0 saturated carbocycles. The molecule has 2 aromatic carbocycles. The molecule has 0 radical (unpaired) electrons. The number of aromatic amines is 1. The lowest BCUT2D eigenvalue weighted by molar-refractivity contribution is -0.112. The fourth-order valence-electron chi connectivity index (χ4n) is 2.51. The summed E-state index contributed by atoms with van der Waals surface area (Å²) in [6.07, 6.45) is 1.61. The monoisotopic (exact) mass is 335 g/mol. The Balaban J connectivity index is 1.94. The summed E-state index contributed by atoms with van der Waals surface area (Å²) in [5, 5.41) is 13.6. The predicted molar refractivity (Wildman–Crippen MR) is 96.7 cm³/mol. The first-order valence-electron chi connectivity index (χ1n) is 7.34. The summed E-state index contributed by atoms with van der Waals surface area (Å²) in [4.78, 5) is 15.6. The molecule has 0 spiro atoms. The van der Waals surface area contributed by atoms with Gasteiger partial charge in [0.1, 0.15) is 11.6 Å². The number of nitrogens with one attached hydrogen (secondary N) is 2. The summed E-state index contributed by atoms with van der Waals surface area (Å²) < 4.78 is 0. The summed E-state index contributed by atoms with van der Waals surface area (Å²) in [6, 6.07) is 16.5. The van der Waals surface area contributed by atoms with Crippen LogP contribution in [0.3, 0.4) is 0 Å². The van der Waals surface area contributed by atoms with Crippen LogP contribution in [0.2, 0.25) is 5.02 Å². The van der Waals surface area contributed by atoms with E-state index in [1.807, 2.05) is 37.3 Å². The van der Waals surface area contributed by atoms with Crippen molar-refractivity contribution in [2.75, 3.05) is 5.32 Å². The van der Waals surface area contributed by atoms with Crippen LogP contribution in [0.4, 0.5) is 5.69 Å². The number of rotatable bonds is 3. The molecule has 118 valence electrons. The molecule has 0 bridgehead atoms. The van der Waals surface area contributed by atoms with Crippen molar-refractivity contribution in [1.82, 2.24) is 4.98 Å². The van der Waals surface area contributed by atoms with Gasteiger partial charge >= 0.3 is 0 Å². The van der Waals surface area contributed by atoms with Crippen LogP contribution in [0.5, 0.6) is 0 Å². The number of carbonyl (C=O) groups excluding carboxylic acids is 1. The molecule has 4 nitrogen and oxygen atoms in total. The normalized spacial score (nSPS) is 11.3. The number of halogens is 1. The van der Waals surface area contributed by atoms with Gasteiger partial charge in [-0.1, -0.05) is 29.8 Å². The third-order valence-electron chi connectivity index (χ3n) is 3.70. The van der Waals surface area contributed by atoms with Gasteiger partial charge in [-0.25, -0.2) is 0 Å². The van der Waals surface area contributed by atoms with E-state index >= 15 is 0 Å². The molecule has 0 aliphatic carbocycles. The van der Waals surface area contributed by atoms with E-state index in [1.165, 1.54) is 0 Å². The van der Waals surface area contributed by atoms with Gasteiger partial charge in [-0.15, -0.1) is 0 Å². The molecule has 1 heterocycles. The predicted octanol–water partition coefficient (Wildman–Crippen LogP) is 4.68. The highest BCUT2D eigenvalue weighted by molar-refractivity contribution is 6.30. The molecule has 0 fully saturated rings. The minimum Gasteiger partial charge on any atom is -0.358 e. The third-order valence-corrected chi connectivity index (χ3v) is 3.95. The largest absolute Gasteiger partial charge is 0.358 e. The van der Waals surface area contributed by atoms with E-state index in [2.05, 4.69) is 10.3 Å². The third kappa shape index (κ3) is 3.17. The van der Waals surface area contributed by atoms with Gasteiger partial charge in [0.15, 0.2) is 0 Å². The maximum atomic E-state index is 12.4. The zero-order valence-corrected chi connectivity index (χ0v) is 13.7. The standard InChI is InChI=1S/C19H14ClN3O/c1-12-17(16-4-2-3-5-18(16)22-12)10-13(11-21)19(24)23-15-8-6-14(20)7-9-15/h2-10,22H,1H3,(H,23,24). The maximum absolute atomic E-state index is 12.4. The fraction of sp³-hybridized carbons (Fsp3) is 0.0526. The lowest BCUT2D eigenvalue weighted by Crippen LogP contribution is -2.13. The molecule has 0 aliphatic heterocycles. The van der Waals surface area contributed by atoms with E-state index in [9.17, 15) is 10.1 Å². The minimum absolute atomic E-state index is 0.0396. The van der Waals surface area contributed by atoms with Gasteiger partial charge in [-0.3, -0.25) is 4.79 Å². The highest BCUT2D eigenvalue weighted by Crippen LogP contribution is 2.24.